The van der Waals surface area contributed by atoms with Crippen LogP contribution in [0, 0.1) is 0 Å². The fraction of sp³-hybridized carbons (Fsp3) is 0.375. The third-order valence-electron chi connectivity index (χ3n) is 5.46. The molecule has 0 atom stereocenters. The van der Waals surface area contributed by atoms with Crippen molar-refractivity contribution in [2.75, 3.05) is 18.5 Å². The number of fused-ring (bicyclic) bond motifs is 1. The Balaban J connectivity index is 1.70. The van der Waals surface area contributed by atoms with Crippen molar-refractivity contribution >= 4 is 35.6 Å². The Hall–Kier alpha value is -3.89. The molecular formula is C24H28F2N6O3. The summed E-state index contributed by atoms with van der Waals surface area (Å²) in [5, 5.41) is 5.66. The van der Waals surface area contributed by atoms with E-state index >= 15 is 0 Å². The van der Waals surface area contributed by atoms with Gasteiger partial charge in [0.05, 0.1) is 17.4 Å². The summed E-state index contributed by atoms with van der Waals surface area (Å²) in [5.74, 6) is -2.49. The SMILES string of the molecule is CN(C(=O)NC(C)(C)C=O)c1ccc(-n2ccc3cc(CCC(F)(F)CCNC=O)cnc32)cn1. The Morgan fingerprint density at radius 1 is 1.14 bits per heavy atom. The number of anilines is 1. The van der Waals surface area contributed by atoms with Crippen molar-refractivity contribution in [3.63, 3.8) is 0 Å². The molecule has 3 heterocycles. The monoisotopic (exact) mass is 486 g/mol. The number of aromatic nitrogens is 3. The van der Waals surface area contributed by atoms with E-state index in [0.29, 0.717) is 35.4 Å². The van der Waals surface area contributed by atoms with Gasteiger partial charge in [0.2, 0.25) is 12.3 Å². The Morgan fingerprint density at radius 2 is 1.91 bits per heavy atom. The number of urea groups is 1. The molecule has 0 saturated heterocycles. The number of aryl methyl sites for hydroxylation is 1. The van der Waals surface area contributed by atoms with Crippen molar-refractivity contribution < 1.29 is 23.2 Å². The zero-order chi connectivity index (χ0) is 25.6. The first kappa shape index (κ1) is 25.7. The highest BCUT2D eigenvalue weighted by Crippen LogP contribution is 2.26. The van der Waals surface area contributed by atoms with Crippen molar-refractivity contribution in [1.29, 1.82) is 0 Å². The maximum Gasteiger partial charge on any atom is 0.323 e. The molecule has 2 N–H and O–H groups in total. The maximum atomic E-state index is 14.0. The number of aldehydes is 1. The first-order valence-electron chi connectivity index (χ1n) is 11.0. The Morgan fingerprint density at radius 3 is 2.57 bits per heavy atom. The first-order chi connectivity index (χ1) is 16.5. The van der Waals surface area contributed by atoms with Gasteiger partial charge in [-0.05, 0) is 50.1 Å². The minimum absolute atomic E-state index is 0.0688. The van der Waals surface area contributed by atoms with Gasteiger partial charge in [0, 0.05) is 44.2 Å². The van der Waals surface area contributed by atoms with Crippen LogP contribution in [0.5, 0.6) is 0 Å². The summed E-state index contributed by atoms with van der Waals surface area (Å²) in [7, 11) is 1.55. The predicted molar refractivity (Wildman–Crippen MR) is 128 cm³/mol. The molecule has 0 aliphatic carbocycles. The van der Waals surface area contributed by atoms with Crippen molar-refractivity contribution in [3.8, 4) is 5.69 Å². The number of hydrogen-bond donors (Lipinski definition) is 2. The van der Waals surface area contributed by atoms with Crippen LogP contribution < -0.4 is 15.5 Å². The van der Waals surface area contributed by atoms with Crippen LogP contribution in [0.4, 0.5) is 19.4 Å². The summed E-state index contributed by atoms with van der Waals surface area (Å²) in [6.07, 6.45) is 5.45. The molecular weight excluding hydrogens is 458 g/mol. The highest BCUT2D eigenvalue weighted by molar-refractivity contribution is 5.92. The number of carbonyl (C=O) groups excluding carboxylic acids is 3. The average molecular weight is 487 g/mol. The summed E-state index contributed by atoms with van der Waals surface area (Å²) < 4.78 is 29.8. The van der Waals surface area contributed by atoms with E-state index < -0.39 is 23.9 Å². The second kappa shape index (κ2) is 10.6. The van der Waals surface area contributed by atoms with E-state index in [1.807, 2.05) is 16.7 Å². The van der Waals surface area contributed by atoms with Crippen LogP contribution >= 0.6 is 0 Å². The lowest BCUT2D eigenvalue weighted by Crippen LogP contribution is -2.50. The number of alkyl halides is 2. The van der Waals surface area contributed by atoms with Gasteiger partial charge in [0.25, 0.3) is 0 Å². The smallest absolute Gasteiger partial charge is 0.323 e. The number of carbonyl (C=O) groups is 3. The van der Waals surface area contributed by atoms with Gasteiger partial charge in [0.1, 0.15) is 17.8 Å². The minimum Gasteiger partial charge on any atom is -0.358 e. The van der Waals surface area contributed by atoms with Crippen LogP contribution in [-0.2, 0) is 16.0 Å². The molecule has 0 radical (unpaired) electrons. The van der Waals surface area contributed by atoms with E-state index in [1.165, 1.54) is 4.90 Å². The van der Waals surface area contributed by atoms with Crippen LogP contribution in [0.25, 0.3) is 16.7 Å². The van der Waals surface area contributed by atoms with Gasteiger partial charge in [-0.15, -0.1) is 0 Å². The molecule has 186 valence electrons. The van der Waals surface area contributed by atoms with Gasteiger partial charge in [-0.3, -0.25) is 14.3 Å². The molecule has 35 heavy (non-hydrogen) atoms. The molecule has 0 unspecified atom stereocenters. The van der Waals surface area contributed by atoms with Gasteiger partial charge in [-0.2, -0.15) is 0 Å². The van der Waals surface area contributed by atoms with Gasteiger partial charge in [-0.1, -0.05) is 0 Å². The summed E-state index contributed by atoms with van der Waals surface area (Å²) >= 11 is 0. The van der Waals surface area contributed by atoms with E-state index in [0.717, 1.165) is 5.39 Å². The first-order valence-corrected chi connectivity index (χ1v) is 11.0. The summed E-state index contributed by atoms with van der Waals surface area (Å²) in [5.41, 5.74) is 1.05. The molecule has 0 bridgehead atoms. The quantitative estimate of drug-likeness (QED) is 0.319. The number of hydrogen-bond acceptors (Lipinski definition) is 5. The fourth-order valence-corrected chi connectivity index (χ4v) is 3.39. The summed E-state index contributed by atoms with van der Waals surface area (Å²) in [6, 6.07) is 6.65. The third-order valence-corrected chi connectivity index (χ3v) is 5.46. The van der Waals surface area contributed by atoms with Crippen LogP contribution in [0.1, 0.15) is 32.3 Å². The molecule has 0 aliphatic heterocycles. The summed E-state index contributed by atoms with van der Waals surface area (Å²) in [6.45, 7) is 3.12. The number of amides is 3. The molecule has 0 spiro atoms. The van der Waals surface area contributed by atoms with Gasteiger partial charge >= 0.3 is 6.03 Å². The lowest BCUT2D eigenvalue weighted by atomic mass is 10.0. The van der Waals surface area contributed by atoms with Crippen molar-refractivity contribution in [3.05, 3.63) is 48.4 Å². The molecule has 3 aromatic rings. The molecule has 3 rings (SSSR count). The van der Waals surface area contributed by atoms with Crippen LogP contribution in [0.15, 0.2) is 42.9 Å². The molecule has 0 aliphatic rings. The van der Waals surface area contributed by atoms with Crippen molar-refractivity contribution in [1.82, 2.24) is 25.2 Å². The molecule has 9 nitrogen and oxygen atoms in total. The fourth-order valence-electron chi connectivity index (χ4n) is 3.39. The Kier molecular flexibility index (Phi) is 7.78. The lowest BCUT2D eigenvalue weighted by molar-refractivity contribution is -0.112. The number of nitrogens with zero attached hydrogens (tertiary/aromatic N) is 4. The molecule has 0 aromatic carbocycles. The molecule has 11 heteroatoms. The number of nitrogens with one attached hydrogen (secondary N) is 2. The predicted octanol–water partition coefficient (Wildman–Crippen LogP) is 3.25. The topological polar surface area (TPSA) is 109 Å². The highest BCUT2D eigenvalue weighted by Gasteiger charge is 2.28. The standard InChI is InChI=1S/C24H28F2N6O3/c1-23(2,15-33)30-22(35)31(3)20-5-4-19(14-28-20)32-11-7-18-12-17(13-29-21(18)32)6-8-24(25,26)9-10-27-16-34/h4-5,7,11-16H,6,8-10H2,1-3H3,(H,27,34)(H,30,35). The minimum atomic E-state index is -2.88. The zero-order valence-electron chi connectivity index (χ0n) is 19.8. The Bertz CT molecular complexity index is 1190. The average Bonchev–Trinajstić information content (AvgIpc) is 3.25. The second-order valence-electron chi connectivity index (χ2n) is 8.82. The van der Waals surface area contributed by atoms with Crippen molar-refractivity contribution in [2.24, 2.45) is 0 Å². The van der Waals surface area contributed by atoms with Gasteiger partial charge in [-0.25, -0.2) is 23.5 Å². The molecule has 3 amide bonds. The van der Waals surface area contributed by atoms with Gasteiger partial charge < -0.3 is 15.4 Å². The highest BCUT2D eigenvalue weighted by atomic mass is 19.3. The molecule has 0 fully saturated rings. The number of rotatable bonds is 11. The second-order valence-corrected chi connectivity index (χ2v) is 8.82. The van der Waals surface area contributed by atoms with E-state index in [-0.39, 0.29) is 19.4 Å². The van der Waals surface area contributed by atoms with Crippen LogP contribution in [-0.4, -0.2) is 58.3 Å². The van der Waals surface area contributed by atoms with E-state index in [1.54, 1.807) is 51.6 Å². The molecule has 3 aromatic heterocycles. The van der Waals surface area contributed by atoms with Gasteiger partial charge in [0.15, 0.2) is 0 Å². The van der Waals surface area contributed by atoms with Crippen LogP contribution in [0.2, 0.25) is 0 Å². The van der Waals surface area contributed by atoms with E-state index in [4.69, 9.17) is 0 Å². The zero-order valence-corrected chi connectivity index (χ0v) is 19.8. The molecule has 0 saturated carbocycles. The largest absolute Gasteiger partial charge is 0.358 e. The summed E-state index contributed by atoms with van der Waals surface area (Å²) in [4.78, 5) is 43.7. The number of halogens is 2. The van der Waals surface area contributed by atoms with E-state index in [2.05, 4.69) is 20.6 Å². The normalized spacial score (nSPS) is 11.8. The van der Waals surface area contributed by atoms with Crippen molar-refractivity contribution in [2.45, 2.75) is 44.6 Å². The third kappa shape index (κ3) is 6.58. The van der Waals surface area contributed by atoms with Crippen LogP contribution in [0.3, 0.4) is 0 Å². The Labute approximate surface area is 201 Å². The lowest BCUT2D eigenvalue weighted by Gasteiger charge is -2.24. The maximum absolute atomic E-state index is 14.0. The van der Waals surface area contributed by atoms with E-state index in [9.17, 15) is 23.2 Å². The number of pyridine rings is 2.